The Morgan fingerprint density at radius 3 is 2.39 bits per heavy atom. The minimum Gasteiger partial charge on any atom is -0.495 e. The van der Waals surface area contributed by atoms with Crippen molar-refractivity contribution in [3.8, 4) is 5.75 Å². The first-order valence-corrected chi connectivity index (χ1v) is 11.2. The van der Waals surface area contributed by atoms with E-state index in [9.17, 15) is 9.59 Å². The van der Waals surface area contributed by atoms with Crippen LogP contribution in [0, 0.1) is 0 Å². The topological polar surface area (TPSA) is 66.2 Å². The van der Waals surface area contributed by atoms with Gasteiger partial charge in [0.15, 0.2) is 0 Å². The third-order valence-electron chi connectivity index (χ3n) is 5.93. The summed E-state index contributed by atoms with van der Waals surface area (Å²) < 4.78 is 10.6. The SMILES string of the molecule is COc1ccccc1N1CCN(C(=O)CCN(Cc2ccccc2)C(=O)c2ccoc2)CC1. The van der Waals surface area contributed by atoms with Crippen molar-refractivity contribution in [2.24, 2.45) is 0 Å². The van der Waals surface area contributed by atoms with Gasteiger partial charge in [-0.3, -0.25) is 9.59 Å². The second kappa shape index (κ2) is 10.7. The first kappa shape index (κ1) is 22.5. The molecule has 3 aromatic rings. The number of piperazine rings is 1. The number of methoxy groups -OCH3 is 1. The summed E-state index contributed by atoms with van der Waals surface area (Å²) in [6, 6.07) is 19.4. The van der Waals surface area contributed by atoms with E-state index in [1.165, 1.54) is 12.5 Å². The molecule has 1 fully saturated rings. The molecule has 4 rings (SSSR count). The van der Waals surface area contributed by atoms with Crippen molar-refractivity contribution in [2.45, 2.75) is 13.0 Å². The monoisotopic (exact) mass is 447 g/mol. The van der Waals surface area contributed by atoms with Gasteiger partial charge >= 0.3 is 0 Å². The highest BCUT2D eigenvalue weighted by atomic mass is 16.5. The molecule has 0 atom stereocenters. The largest absolute Gasteiger partial charge is 0.495 e. The number of amides is 2. The van der Waals surface area contributed by atoms with Crippen LogP contribution < -0.4 is 9.64 Å². The normalized spacial score (nSPS) is 13.6. The van der Waals surface area contributed by atoms with E-state index >= 15 is 0 Å². The molecule has 0 bridgehead atoms. The fraction of sp³-hybridized carbons (Fsp3) is 0.308. The fourth-order valence-corrected chi connectivity index (χ4v) is 4.10. The summed E-state index contributed by atoms with van der Waals surface area (Å²) in [7, 11) is 1.67. The number of anilines is 1. The molecule has 0 radical (unpaired) electrons. The smallest absolute Gasteiger partial charge is 0.257 e. The third kappa shape index (κ3) is 5.55. The first-order chi connectivity index (χ1) is 16.2. The number of benzene rings is 2. The summed E-state index contributed by atoms with van der Waals surface area (Å²) >= 11 is 0. The van der Waals surface area contributed by atoms with Crippen molar-refractivity contribution in [2.75, 3.05) is 44.7 Å². The van der Waals surface area contributed by atoms with Crippen molar-refractivity contribution < 1.29 is 18.7 Å². The van der Waals surface area contributed by atoms with E-state index in [1.807, 2.05) is 59.5 Å². The van der Waals surface area contributed by atoms with E-state index < -0.39 is 0 Å². The van der Waals surface area contributed by atoms with Crippen molar-refractivity contribution >= 4 is 17.5 Å². The maximum absolute atomic E-state index is 13.0. The molecule has 2 amide bonds. The number of para-hydroxylation sites is 2. The van der Waals surface area contributed by atoms with Gasteiger partial charge in [0, 0.05) is 45.7 Å². The zero-order valence-electron chi connectivity index (χ0n) is 18.9. The fourth-order valence-electron chi connectivity index (χ4n) is 4.10. The quantitative estimate of drug-likeness (QED) is 0.527. The van der Waals surface area contributed by atoms with Gasteiger partial charge < -0.3 is 23.9 Å². The van der Waals surface area contributed by atoms with Crippen LogP contribution in [0.2, 0.25) is 0 Å². The molecule has 0 spiro atoms. The van der Waals surface area contributed by atoms with Gasteiger partial charge in [-0.25, -0.2) is 0 Å². The summed E-state index contributed by atoms with van der Waals surface area (Å²) in [6.45, 7) is 3.57. The molecule has 1 saturated heterocycles. The zero-order valence-corrected chi connectivity index (χ0v) is 18.9. The van der Waals surface area contributed by atoms with Gasteiger partial charge in [-0.05, 0) is 23.8 Å². The number of rotatable bonds is 8. The molecular formula is C26H29N3O4. The molecule has 2 heterocycles. The van der Waals surface area contributed by atoms with Crippen LogP contribution in [-0.2, 0) is 11.3 Å². The summed E-state index contributed by atoms with van der Waals surface area (Å²) in [5.74, 6) is 0.765. The van der Waals surface area contributed by atoms with Crippen LogP contribution in [0.1, 0.15) is 22.3 Å². The Morgan fingerprint density at radius 2 is 1.70 bits per heavy atom. The van der Waals surface area contributed by atoms with Crippen molar-refractivity contribution in [1.29, 1.82) is 0 Å². The molecule has 0 unspecified atom stereocenters. The molecule has 0 aliphatic carbocycles. The average molecular weight is 448 g/mol. The lowest BCUT2D eigenvalue weighted by molar-refractivity contribution is -0.131. The molecule has 1 aromatic heterocycles. The number of ether oxygens (including phenoxy) is 1. The Hall–Kier alpha value is -3.74. The van der Waals surface area contributed by atoms with Crippen molar-refractivity contribution in [3.05, 3.63) is 84.3 Å². The van der Waals surface area contributed by atoms with E-state index in [4.69, 9.17) is 9.15 Å². The van der Waals surface area contributed by atoms with Crippen LogP contribution in [-0.4, -0.2) is 61.4 Å². The molecule has 172 valence electrons. The van der Waals surface area contributed by atoms with Crippen LogP contribution >= 0.6 is 0 Å². The van der Waals surface area contributed by atoms with E-state index in [2.05, 4.69) is 4.90 Å². The minimum absolute atomic E-state index is 0.0627. The number of carbonyl (C=O) groups excluding carboxylic acids is 2. The standard InChI is InChI=1S/C26H29N3O4/c1-32-24-10-6-5-9-23(24)27-14-16-28(17-15-27)25(30)11-13-29(19-21-7-3-2-4-8-21)26(31)22-12-18-33-20-22/h2-10,12,18,20H,11,13-17,19H2,1H3. The van der Waals surface area contributed by atoms with Crippen molar-refractivity contribution in [3.63, 3.8) is 0 Å². The Balaban J connectivity index is 1.35. The Bertz CT molecular complexity index is 1040. The highest BCUT2D eigenvalue weighted by Gasteiger charge is 2.24. The van der Waals surface area contributed by atoms with Crippen LogP contribution in [0.3, 0.4) is 0 Å². The van der Waals surface area contributed by atoms with Gasteiger partial charge in [-0.1, -0.05) is 42.5 Å². The molecule has 0 N–H and O–H groups in total. The summed E-state index contributed by atoms with van der Waals surface area (Å²) in [4.78, 5) is 31.8. The molecule has 7 nitrogen and oxygen atoms in total. The van der Waals surface area contributed by atoms with Crippen LogP contribution in [0.4, 0.5) is 5.69 Å². The minimum atomic E-state index is -0.138. The van der Waals surface area contributed by atoms with Gasteiger partial charge in [0.2, 0.25) is 5.91 Å². The van der Waals surface area contributed by atoms with Gasteiger partial charge in [0.25, 0.3) is 5.91 Å². The number of hydrogen-bond acceptors (Lipinski definition) is 5. The predicted molar refractivity (Wildman–Crippen MR) is 126 cm³/mol. The predicted octanol–water partition coefficient (Wildman–Crippen LogP) is 3.67. The molecule has 33 heavy (non-hydrogen) atoms. The summed E-state index contributed by atoms with van der Waals surface area (Å²) in [5, 5.41) is 0. The Labute approximate surface area is 194 Å². The lowest BCUT2D eigenvalue weighted by Crippen LogP contribution is -2.49. The van der Waals surface area contributed by atoms with Gasteiger partial charge in [-0.15, -0.1) is 0 Å². The average Bonchev–Trinajstić information content (AvgIpc) is 3.42. The Kier molecular flexibility index (Phi) is 7.29. The molecular weight excluding hydrogens is 418 g/mol. The van der Waals surface area contributed by atoms with E-state index in [-0.39, 0.29) is 18.2 Å². The molecule has 2 aromatic carbocycles. The first-order valence-electron chi connectivity index (χ1n) is 11.2. The van der Waals surface area contributed by atoms with Crippen LogP contribution in [0.5, 0.6) is 5.75 Å². The molecule has 0 saturated carbocycles. The number of furan rings is 1. The molecule has 7 heteroatoms. The van der Waals surface area contributed by atoms with Crippen molar-refractivity contribution in [1.82, 2.24) is 9.80 Å². The van der Waals surface area contributed by atoms with E-state index in [0.717, 1.165) is 30.1 Å². The van der Waals surface area contributed by atoms with Gasteiger partial charge in [0.1, 0.15) is 12.0 Å². The van der Waals surface area contributed by atoms with Crippen LogP contribution in [0.15, 0.2) is 77.6 Å². The van der Waals surface area contributed by atoms with Crippen LogP contribution in [0.25, 0.3) is 0 Å². The molecule has 1 aliphatic rings. The number of nitrogens with zero attached hydrogens (tertiary/aromatic N) is 3. The highest BCUT2D eigenvalue weighted by Crippen LogP contribution is 2.28. The summed E-state index contributed by atoms with van der Waals surface area (Å²) in [6.07, 6.45) is 3.21. The Morgan fingerprint density at radius 1 is 0.970 bits per heavy atom. The number of carbonyl (C=O) groups is 2. The highest BCUT2D eigenvalue weighted by molar-refractivity contribution is 5.94. The molecule has 1 aliphatic heterocycles. The maximum atomic E-state index is 13.0. The lowest BCUT2D eigenvalue weighted by atomic mass is 10.1. The maximum Gasteiger partial charge on any atom is 0.257 e. The second-order valence-corrected chi connectivity index (χ2v) is 8.01. The number of hydrogen-bond donors (Lipinski definition) is 0. The van der Waals surface area contributed by atoms with E-state index in [1.54, 1.807) is 18.1 Å². The van der Waals surface area contributed by atoms with Gasteiger partial charge in [0.05, 0.1) is 24.6 Å². The zero-order chi connectivity index (χ0) is 23.0. The third-order valence-corrected chi connectivity index (χ3v) is 5.93. The lowest BCUT2D eigenvalue weighted by Gasteiger charge is -2.37. The van der Waals surface area contributed by atoms with E-state index in [0.29, 0.717) is 31.7 Å². The summed E-state index contributed by atoms with van der Waals surface area (Å²) in [5.41, 5.74) is 2.56. The second-order valence-electron chi connectivity index (χ2n) is 8.01. The van der Waals surface area contributed by atoms with Gasteiger partial charge in [-0.2, -0.15) is 0 Å².